The Kier molecular flexibility index (Phi) is 4.71. The summed E-state index contributed by atoms with van der Waals surface area (Å²) in [6, 6.07) is 11.1. The monoisotopic (exact) mass is 381 g/mol. The first-order valence-corrected chi connectivity index (χ1v) is 9.37. The van der Waals surface area contributed by atoms with Crippen LogP contribution in [0.25, 0.3) is 11.1 Å². The number of carbonyl (C=O) groups is 3. The van der Waals surface area contributed by atoms with Crippen molar-refractivity contribution in [3.63, 3.8) is 0 Å². The molecule has 0 unspecified atom stereocenters. The minimum atomic E-state index is -0.928. The fourth-order valence-corrected chi connectivity index (χ4v) is 4.35. The Morgan fingerprint density at radius 3 is 2.39 bits per heavy atom. The molecule has 0 aromatic heterocycles. The first-order valence-electron chi connectivity index (χ1n) is 9.37. The van der Waals surface area contributed by atoms with Crippen LogP contribution in [0, 0.1) is 5.82 Å². The zero-order valence-electron chi connectivity index (χ0n) is 15.2. The summed E-state index contributed by atoms with van der Waals surface area (Å²) in [5, 5.41) is 8.98. The van der Waals surface area contributed by atoms with E-state index in [0.29, 0.717) is 24.0 Å². The number of nitrogens with zero attached hydrogens (tertiary/aromatic N) is 1. The molecule has 0 radical (unpaired) electrons. The molecule has 6 heteroatoms. The number of carbonyl (C=O) groups excluding carboxylic acids is 2. The Labute approximate surface area is 161 Å². The van der Waals surface area contributed by atoms with Gasteiger partial charge in [0.2, 0.25) is 0 Å². The number of fused-ring (bicyclic) bond motifs is 2. The van der Waals surface area contributed by atoms with E-state index in [2.05, 4.69) is 0 Å². The van der Waals surface area contributed by atoms with Gasteiger partial charge in [-0.1, -0.05) is 30.3 Å². The summed E-state index contributed by atoms with van der Waals surface area (Å²) >= 11 is 0. The summed E-state index contributed by atoms with van der Waals surface area (Å²) in [5.41, 5.74) is 2.00. The van der Waals surface area contributed by atoms with Crippen molar-refractivity contribution < 1.29 is 23.9 Å². The highest BCUT2D eigenvalue weighted by atomic mass is 19.1. The number of carboxylic acids is 1. The van der Waals surface area contributed by atoms with E-state index >= 15 is 0 Å². The number of ketones is 1. The van der Waals surface area contributed by atoms with Gasteiger partial charge < -0.3 is 10.0 Å². The van der Waals surface area contributed by atoms with Crippen LogP contribution in [-0.4, -0.2) is 39.7 Å². The van der Waals surface area contributed by atoms with Gasteiger partial charge in [-0.15, -0.1) is 0 Å². The van der Waals surface area contributed by atoms with Gasteiger partial charge in [0.25, 0.3) is 5.91 Å². The second kappa shape index (κ2) is 7.19. The first kappa shape index (κ1) is 18.3. The van der Waals surface area contributed by atoms with Gasteiger partial charge in [-0.3, -0.25) is 14.4 Å². The molecule has 2 aliphatic heterocycles. The first-order chi connectivity index (χ1) is 13.4. The lowest BCUT2D eigenvalue weighted by atomic mass is 9.97. The lowest BCUT2D eigenvalue weighted by Crippen LogP contribution is -2.47. The number of piperidine rings is 1. The number of carboxylic acid groups (broad SMARTS) is 1. The summed E-state index contributed by atoms with van der Waals surface area (Å²) in [7, 11) is 0. The van der Waals surface area contributed by atoms with Crippen molar-refractivity contribution >= 4 is 17.7 Å². The van der Waals surface area contributed by atoms with Crippen molar-refractivity contribution in [1.82, 2.24) is 4.90 Å². The summed E-state index contributed by atoms with van der Waals surface area (Å²) in [5.74, 6) is -1.73. The SMILES string of the molecule is O=C(O)Cc1cccc(-c2ccc(F)c(C(=O)N3[C@@H]4CC[C@@H]3CC(=O)C4)c2)c1. The Hall–Kier alpha value is -3.02. The maximum absolute atomic E-state index is 14.5. The zero-order valence-corrected chi connectivity index (χ0v) is 15.2. The fraction of sp³-hybridized carbons (Fsp3) is 0.318. The average Bonchev–Trinajstić information content (AvgIpc) is 2.92. The smallest absolute Gasteiger partial charge is 0.307 e. The van der Waals surface area contributed by atoms with Gasteiger partial charge in [-0.05, 0) is 41.7 Å². The highest BCUT2D eigenvalue weighted by Crippen LogP contribution is 2.36. The summed E-state index contributed by atoms with van der Waals surface area (Å²) < 4.78 is 14.5. The second-order valence-electron chi connectivity index (χ2n) is 7.51. The Balaban J connectivity index is 1.66. The van der Waals surface area contributed by atoms with Gasteiger partial charge >= 0.3 is 5.97 Å². The number of rotatable bonds is 4. The number of Topliss-reactive ketones (excluding diaryl/α,β-unsaturated/α-hetero) is 1. The second-order valence-corrected chi connectivity index (χ2v) is 7.51. The van der Waals surface area contributed by atoms with Crippen LogP contribution < -0.4 is 0 Å². The largest absolute Gasteiger partial charge is 0.481 e. The van der Waals surface area contributed by atoms with E-state index in [1.165, 1.54) is 12.1 Å². The van der Waals surface area contributed by atoms with Gasteiger partial charge in [-0.25, -0.2) is 4.39 Å². The number of aliphatic carboxylic acids is 1. The van der Waals surface area contributed by atoms with Crippen LogP contribution in [-0.2, 0) is 16.0 Å². The van der Waals surface area contributed by atoms with Gasteiger partial charge in [0.05, 0.1) is 12.0 Å². The normalized spacial score (nSPS) is 21.0. The lowest BCUT2D eigenvalue weighted by Gasteiger charge is -2.34. The lowest BCUT2D eigenvalue weighted by molar-refractivity contribution is -0.136. The molecule has 1 N–H and O–H groups in total. The molecule has 5 nitrogen and oxygen atoms in total. The third kappa shape index (κ3) is 3.42. The minimum absolute atomic E-state index is 0.00705. The van der Waals surface area contributed by atoms with Crippen LogP contribution >= 0.6 is 0 Å². The number of benzene rings is 2. The van der Waals surface area contributed by atoms with Crippen LogP contribution in [0.4, 0.5) is 4.39 Å². The molecule has 28 heavy (non-hydrogen) atoms. The average molecular weight is 381 g/mol. The quantitative estimate of drug-likeness (QED) is 0.880. The van der Waals surface area contributed by atoms with Crippen molar-refractivity contribution in [3.8, 4) is 11.1 Å². The van der Waals surface area contributed by atoms with Crippen LogP contribution in [0.5, 0.6) is 0 Å². The fourth-order valence-electron chi connectivity index (χ4n) is 4.35. The minimum Gasteiger partial charge on any atom is -0.481 e. The molecule has 4 rings (SSSR count). The Morgan fingerprint density at radius 1 is 1.04 bits per heavy atom. The molecule has 2 aromatic rings. The highest BCUT2D eigenvalue weighted by molar-refractivity contribution is 5.98. The third-order valence-corrected chi connectivity index (χ3v) is 5.59. The summed E-state index contributed by atoms with van der Waals surface area (Å²) in [4.78, 5) is 37.5. The third-order valence-electron chi connectivity index (χ3n) is 5.59. The van der Waals surface area contributed by atoms with E-state index < -0.39 is 11.8 Å². The van der Waals surface area contributed by atoms with Crippen molar-refractivity contribution in [2.75, 3.05) is 0 Å². The molecule has 2 heterocycles. The molecular weight excluding hydrogens is 361 g/mol. The number of amides is 1. The van der Waals surface area contributed by atoms with Gasteiger partial charge in [-0.2, -0.15) is 0 Å². The van der Waals surface area contributed by atoms with E-state index in [1.807, 2.05) is 0 Å². The van der Waals surface area contributed by atoms with Crippen molar-refractivity contribution in [1.29, 1.82) is 0 Å². The van der Waals surface area contributed by atoms with E-state index in [-0.39, 0.29) is 35.8 Å². The molecule has 0 aliphatic carbocycles. The molecule has 2 saturated heterocycles. The van der Waals surface area contributed by atoms with Crippen LogP contribution in [0.15, 0.2) is 42.5 Å². The van der Waals surface area contributed by atoms with Crippen LogP contribution in [0.1, 0.15) is 41.6 Å². The van der Waals surface area contributed by atoms with E-state index in [4.69, 9.17) is 5.11 Å². The summed E-state index contributed by atoms with van der Waals surface area (Å²) in [6.45, 7) is 0. The van der Waals surface area contributed by atoms with Crippen LogP contribution in [0.3, 0.4) is 0 Å². The molecule has 2 aromatic carbocycles. The van der Waals surface area contributed by atoms with Gasteiger partial charge in [0.15, 0.2) is 0 Å². The van der Waals surface area contributed by atoms with Gasteiger partial charge in [0, 0.05) is 24.9 Å². The van der Waals surface area contributed by atoms with E-state index in [1.54, 1.807) is 35.2 Å². The van der Waals surface area contributed by atoms with Crippen LogP contribution in [0.2, 0.25) is 0 Å². The van der Waals surface area contributed by atoms with Crippen molar-refractivity contribution in [2.24, 2.45) is 0 Å². The summed E-state index contributed by atoms with van der Waals surface area (Å²) in [6.07, 6.45) is 2.15. The standard InChI is InChI=1S/C22H20FNO4/c23-20-7-4-15(14-3-1-2-13(8-14)9-21(26)27)10-19(20)22(28)24-16-5-6-17(24)12-18(25)11-16/h1-4,7-8,10,16-17H,5-6,9,11-12H2,(H,26,27)/t16-,17-/m1/s1. The number of hydrogen-bond donors (Lipinski definition) is 1. The molecule has 2 fully saturated rings. The van der Waals surface area contributed by atoms with Gasteiger partial charge in [0.1, 0.15) is 11.6 Å². The molecular formula is C22H20FNO4. The molecule has 144 valence electrons. The highest BCUT2D eigenvalue weighted by Gasteiger charge is 2.43. The maximum atomic E-state index is 14.5. The maximum Gasteiger partial charge on any atom is 0.307 e. The Bertz CT molecular complexity index is 955. The molecule has 0 saturated carbocycles. The van der Waals surface area contributed by atoms with Crippen molar-refractivity contribution in [3.05, 3.63) is 59.4 Å². The molecule has 2 bridgehead atoms. The Morgan fingerprint density at radius 2 is 1.71 bits per heavy atom. The predicted octanol–water partition coefficient (Wildman–Crippen LogP) is 3.46. The van der Waals surface area contributed by atoms with E-state index in [0.717, 1.165) is 18.4 Å². The molecule has 2 aliphatic rings. The molecule has 0 spiro atoms. The van der Waals surface area contributed by atoms with Crippen molar-refractivity contribution in [2.45, 2.75) is 44.2 Å². The topological polar surface area (TPSA) is 74.7 Å². The van der Waals surface area contributed by atoms with E-state index in [9.17, 15) is 18.8 Å². The zero-order chi connectivity index (χ0) is 19.8. The number of hydrogen-bond acceptors (Lipinski definition) is 3. The number of halogens is 1. The molecule has 1 amide bonds. The molecule has 2 atom stereocenters. The predicted molar refractivity (Wildman–Crippen MR) is 100 cm³/mol.